The molecule has 0 aliphatic heterocycles. The van der Waals surface area contributed by atoms with Gasteiger partial charge in [0, 0.05) is 11.4 Å². The number of rotatable bonds is 5. The third-order valence-corrected chi connectivity index (χ3v) is 3.38. The van der Waals surface area contributed by atoms with E-state index >= 15 is 0 Å². The predicted octanol–water partition coefficient (Wildman–Crippen LogP) is 3.32. The van der Waals surface area contributed by atoms with Crippen molar-refractivity contribution in [3.63, 3.8) is 0 Å². The molecule has 4 heteroatoms. The van der Waals surface area contributed by atoms with E-state index in [4.69, 9.17) is 0 Å². The zero-order chi connectivity index (χ0) is 15.4. The quantitative estimate of drug-likeness (QED) is 0.914. The van der Waals surface area contributed by atoms with Crippen molar-refractivity contribution < 1.29 is 9.90 Å². The number of hydrogen-bond acceptors (Lipinski definition) is 3. The first kappa shape index (κ1) is 15.2. The van der Waals surface area contributed by atoms with Gasteiger partial charge in [0.2, 0.25) is 0 Å². The van der Waals surface area contributed by atoms with E-state index in [1.54, 1.807) is 0 Å². The third-order valence-electron chi connectivity index (χ3n) is 3.38. The first-order valence-corrected chi connectivity index (χ1v) is 7.09. The van der Waals surface area contributed by atoms with E-state index in [1.807, 2.05) is 57.2 Å². The summed E-state index contributed by atoms with van der Waals surface area (Å²) in [5.41, 5.74) is 2.67. The normalized spacial score (nSPS) is 12.4. The van der Waals surface area contributed by atoms with E-state index in [0.717, 1.165) is 17.0 Å². The summed E-state index contributed by atoms with van der Waals surface area (Å²) in [7, 11) is 0. The molecular weight excluding hydrogens is 264 g/mol. The molecule has 0 amide bonds. The van der Waals surface area contributed by atoms with Gasteiger partial charge in [0.1, 0.15) is 11.7 Å². The van der Waals surface area contributed by atoms with Crippen LogP contribution in [0.5, 0.6) is 0 Å². The van der Waals surface area contributed by atoms with E-state index in [1.165, 1.54) is 0 Å². The molecule has 1 aromatic carbocycles. The van der Waals surface area contributed by atoms with Crippen molar-refractivity contribution in [2.45, 2.75) is 39.0 Å². The summed E-state index contributed by atoms with van der Waals surface area (Å²) in [5.74, 6) is -0.962. The summed E-state index contributed by atoms with van der Waals surface area (Å²) >= 11 is 0. The first-order chi connectivity index (χ1) is 9.97. The molecule has 1 atom stereocenters. The number of hydrogen-bond donors (Lipinski definition) is 1. The van der Waals surface area contributed by atoms with Crippen LogP contribution in [-0.2, 0) is 11.2 Å². The Morgan fingerprint density at radius 3 is 2.43 bits per heavy atom. The largest absolute Gasteiger partial charge is 0.481 e. The van der Waals surface area contributed by atoms with Gasteiger partial charge < -0.3 is 5.11 Å². The monoisotopic (exact) mass is 284 g/mol. The van der Waals surface area contributed by atoms with Gasteiger partial charge in [-0.25, -0.2) is 9.97 Å². The molecule has 1 heterocycles. The SMILES string of the molecule is Cc1cc(C(C)C)nc(C(Cc2ccccc2)C(=O)O)n1. The van der Waals surface area contributed by atoms with Gasteiger partial charge in [-0.05, 0) is 30.9 Å². The molecule has 4 nitrogen and oxygen atoms in total. The average molecular weight is 284 g/mol. The zero-order valence-electron chi connectivity index (χ0n) is 12.6. The predicted molar refractivity (Wildman–Crippen MR) is 81.4 cm³/mol. The zero-order valence-corrected chi connectivity index (χ0v) is 12.6. The van der Waals surface area contributed by atoms with Crippen molar-refractivity contribution >= 4 is 5.97 Å². The highest BCUT2D eigenvalue weighted by Gasteiger charge is 2.24. The highest BCUT2D eigenvalue weighted by atomic mass is 16.4. The highest BCUT2D eigenvalue weighted by molar-refractivity contribution is 5.75. The number of benzene rings is 1. The Hall–Kier alpha value is -2.23. The van der Waals surface area contributed by atoms with Crippen molar-refractivity contribution in [3.8, 4) is 0 Å². The second-order valence-corrected chi connectivity index (χ2v) is 5.53. The van der Waals surface area contributed by atoms with Crippen molar-refractivity contribution in [3.05, 3.63) is 59.2 Å². The van der Waals surface area contributed by atoms with Crippen LogP contribution in [-0.4, -0.2) is 21.0 Å². The van der Waals surface area contributed by atoms with Crippen LogP contribution in [0.4, 0.5) is 0 Å². The van der Waals surface area contributed by atoms with E-state index in [0.29, 0.717) is 12.2 Å². The topological polar surface area (TPSA) is 63.1 Å². The molecule has 1 aromatic heterocycles. The lowest BCUT2D eigenvalue weighted by Gasteiger charge is -2.14. The number of aryl methyl sites for hydroxylation is 1. The minimum Gasteiger partial charge on any atom is -0.481 e. The molecule has 0 aliphatic carbocycles. The highest BCUT2D eigenvalue weighted by Crippen LogP contribution is 2.21. The van der Waals surface area contributed by atoms with Gasteiger partial charge in [0.05, 0.1) is 0 Å². The van der Waals surface area contributed by atoms with E-state index < -0.39 is 11.9 Å². The molecule has 0 bridgehead atoms. The summed E-state index contributed by atoms with van der Waals surface area (Å²) in [4.78, 5) is 20.4. The summed E-state index contributed by atoms with van der Waals surface area (Å²) in [6.07, 6.45) is 0.400. The summed E-state index contributed by atoms with van der Waals surface area (Å²) in [6.45, 7) is 5.95. The Bertz CT molecular complexity index is 624. The molecule has 0 aliphatic rings. The Morgan fingerprint density at radius 1 is 1.19 bits per heavy atom. The van der Waals surface area contributed by atoms with Crippen LogP contribution in [0.1, 0.15) is 48.5 Å². The summed E-state index contributed by atoms with van der Waals surface area (Å²) in [6, 6.07) is 11.5. The van der Waals surface area contributed by atoms with Crippen LogP contribution in [0.15, 0.2) is 36.4 Å². The van der Waals surface area contributed by atoms with Gasteiger partial charge >= 0.3 is 5.97 Å². The lowest BCUT2D eigenvalue weighted by Crippen LogP contribution is -2.19. The molecule has 2 aromatic rings. The summed E-state index contributed by atoms with van der Waals surface area (Å²) < 4.78 is 0. The van der Waals surface area contributed by atoms with E-state index in [9.17, 15) is 9.90 Å². The third kappa shape index (κ3) is 3.88. The molecule has 0 radical (unpaired) electrons. The van der Waals surface area contributed by atoms with Crippen LogP contribution in [0.25, 0.3) is 0 Å². The molecule has 110 valence electrons. The molecule has 0 saturated carbocycles. The van der Waals surface area contributed by atoms with Gasteiger partial charge in [0.25, 0.3) is 0 Å². The van der Waals surface area contributed by atoms with E-state index in [-0.39, 0.29) is 5.92 Å². The second kappa shape index (κ2) is 6.48. The number of carboxylic acids is 1. The molecule has 0 spiro atoms. The minimum atomic E-state index is -0.890. The second-order valence-electron chi connectivity index (χ2n) is 5.53. The molecular formula is C17H20N2O2. The van der Waals surface area contributed by atoms with Crippen LogP contribution in [0.2, 0.25) is 0 Å². The maximum absolute atomic E-state index is 11.6. The summed E-state index contributed by atoms with van der Waals surface area (Å²) in [5, 5.41) is 9.53. The Morgan fingerprint density at radius 2 is 1.86 bits per heavy atom. The number of aliphatic carboxylic acids is 1. The lowest BCUT2D eigenvalue weighted by atomic mass is 9.98. The molecule has 0 fully saturated rings. The molecule has 0 saturated heterocycles. The number of nitrogens with zero attached hydrogens (tertiary/aromatic N) is 2. The molecule has 21 heavy (non-hydrogen) atoms. The van der Waals surface area contributed by atoms with E-state index in [2.05, 4.69) is 9.97 Å². The average Bonchev–Trinajstić information content (AvgIpc) is 2.44. The van der Waals surface area contributed by atoms with Crippen molar-refractivity contribution in [2.75, 3.05) is 0 Å². The lowest BCUT2D eigenvalue weighted by molar-refractivity contribution is -0.139. The van der Waals surface area contributed by atoms with Gasteiger partial charge in [-0.3, -0.25) is 4.79 Å². The Kier molecular flexibility index (Phi) is 4.68. The Labute approximate surface area is 124 Å². The fourth-order valence-electron chi connectivity index (χ4n) is 2.21. The van der Waals surface area contributed by atoms with Gasteiger partial charge in [-0.2, -0.15) is 0 Å². The van der Waals surface area contributed by atoms with Gasteiger partial charge in [-0.1, -0.05) is 44.2 Å². The number of aromatic nitrogens is 2. The van der Waals surface area contributed by atoms with Crippen molar-refractivity contribution in [1.82, 2.24) is 9.97 Å². The molecule has 1 N–H and O–H groups in total. The van der Waals surface area contributed by atoms with Crippen molar-refractivity contribution in [2.24, 2.45) is 0 Å². The Balaban J connectivity index is 2.36. The maximum atomic E-state index is 11.6. The molecule has 2 rings (SSSR count). The number of carbonyl (C=O) groups is 1. The number of carboxylic acid groups (broad SMARTS) is 1. The van der Waals surface area contributed by atoms with Gasteiger partial charge in [0.15, 0.2) is 0 Å². The minimum absolute atomic E-state index is 0.247. The van der Waals surface area contributed by atoms with Crippen LogP contribution >= 0.6 is 0 Å². The maximum Gasteiger partial charge on any atom is 0.314 e. The van der Waals surface area contributed by atoms with Gasteiger partial charge in [-0.15, -0.1) is 0 Å². The smallest absolute Gasteiger partial charge is 0.314 e. The van der Waals surface area contributed by atoms with Crippen molar-refractivity contribution in [1.29, 1.82) is 0 Å². The first-order valence-electron chi connectivity index (χ1n) is 7.09. The van der Waals surface area contributed by atoms with Crippen LogP contribution in [0.3, 0.4) is 0 Å². The molecule has 1 unspecified atom stereocenters. The standard InChI is InChI=1S/C17H20N2O2/c1-11(2)15-9-12(3)18-16(19-15)14(17(20)21)10-13-7-5-4-6-8-13/h4-9,11,14H,10H2,1-3H3,(H,20,21). The fraction of sp³-hybridized carbons (Fsp3) is 0.353. The van der Waals surface area contributed by atoms with Crippen LogP contribution in [0, 0.1) is 6.92 Å². The fourth-order valence-corrected chi connectivity index (χ4v) is 2.21. The van der Waals surface area contributed by atoms with Crippen LogP contribution < -0.4 is 0 Å².